The highest BCUT2D eigenvalue weighted by molar-refractivity contribution is 6.76. The second-order valence-electron chi connectivity index (χ2n) is 5.68. The molecule has 0 bridgehead atoms. The van der Waals surface area contributed by atoms with Crippen molar-refractivity contribution in [3.8, 4) is 0 Å². The second-order valence-corrected chi connectivity index (χ2v) is 5.68. The molecule has 132 valence electrons. The summed E-state index contributed by atoms with van der Waals surface area (Å²) in [7, 11) is 0. The van der Waals surface area contributed by atoms with Crippen LogP contribution in [0, 0.1) is 10.1 Å². The summed E-state index contributed by atoms with van der Waals surface area (Å²) in [5.41, 5.74) is 1.66. The highest BCUT2D eigenvalue weighted by Crippen LogP contribution is 2.02. The lowest BCUT2D eigenvalue weighted by Crippen LogP contribution is -2.41. The van der Waals surface area contributed by atoms with Gasteiger partial charge in [-0.1, -0.05) is 34.6 Å². The molecular formula is C16H17BN6O3. The Morgan fingerprint density at radius 1 is 1.31 bits per heavy atom. The van der Waals surface area contributed by atoms with E-state index in [1.54, 1.807) is 12.1 Å². The smallest absolute Gasteiger partial charge is 0.427 e. The summed E-state index contributed by atoms with van der Waals surface area (Å²) < 4.78 is 1.39. The first kappa shape index (κ1) is 17.4. The van der Waals surface area contributed by atoms with E-state index in [1.807, 2.05) is 36.5 Å². The number of nitrogens with zero attached hydrogens (tertiary/aromatic N) is 4. The molecular weight excluding hydrogens is 335 g/mol. The van der Waals surface area contributed by atoms with E-state index in [9.17, 15) is 14.9 Å². The van der Waals surface area contributed by atoms with Gasteiger partial charge in [-0.2, -0.15) is 4.68 Å². The number of rotatable bonds is 7. The lowest BCUT2D eigenvalue weighted by atomic mass is 9.55. The second kappa shape index (κ2) is 8.10. The molecule has 3 rings (SSSR count). The van der Waals surface area contributed by atoms with Crippen LogP contribution in [0.15, 0.2) is 54.9 Å². The van der Waals surface area contributed by atoms with Gasteiger partial charge in [0.05, 0.1) is 6.54 Å². The molecule has 0 aliphatic carbocycles. The van der Waals surface area contributed by atoms with Gasteiger partial charge < -0.3 is 20.7 Å². The maximum absolute atomic E-state index is 12.2. The molecule has 1 aliphatic rings. The number of hydrogen-bond donors (Lipinski definition) is 2. The maximum atomic E-state index is 12.2. The summed E-state index contributed by atoms with van der Waals surface area (Å²) in [5, 5.41) is 20.3. The molecule has 1 aromatic heterocycles. The Hall–Kier alpha value is -3.43. The number of aromatic nitrogens is 3. The normalized spacial score (nSPS) is 12.7. The number of nitrogens with one attached hydrogen (secondary N) is 2. The van der Waals surface area contributed by atoms with E-state index in [0.717, 1.165) is 5.46 Å². The van der Waals surface area contributed by atoms with Crippen LogP contribution in [0.2, 0.25) is 0 Å². The Kier molecular flexibility index (Phi) is 5.42. The summed E-state index contributed by atoms with van der Waals surface area (Å²) in [4.78, 5) is 25.6. The molecule has 0 radical (unpaired) electrons. The number of allylic oxidation sites excluding steroid dienone is 2. The highest BCUT2D eigenvalue weighted by atomic mass is 16.6. The fourth-order valence-corrected chi connectivity index (χ4v) is 2.52. The fourth-order valence-electron chi connectivity index (χ4n) is 2.52. The lowest BCUT2D eigenvalue weighted by Gasteiger charge is -2.12. The van der Waals surface area contributed by atoms with E-state index in [-0.39, 0.29) is 12.8 Å². The van der Waals surface area contributed by atoms with Gasteiger partial charge in [0.1, 0.15) is 0 Å². The molecule has 2 heterocycles. The van der Waals surface area contributed by atoms with Crippen molar-refractivity contribution < 1.29 is 9.72 Å². The van der Waals surface area contributed by atoms with E-state index in [1.165, 1.54) is 11.0 Å². The minimum absolute atomic E-state index is 0.115. The molecule has 10 heteroatoms. The standard InChI is InChI=1S/C16H17BN6O3/c24-15(18-9-3-11-22-12-19-16(21-22)23(25)26)13-4-6-14(7-5-13)17-8-1-2-10-20-17/h1-2,4-8,10,12,20H,3,9,11H2,(H,18,24). The Morgan fingerprint density at radius 2 is 2.12 bits per heavy atom. The Morgan fingerprint density at radius 3 is 2.77 bits per heavy atom. The zero-order valence-electron chi connectivity index (χ0n) is 13.9. The molecule has 9 nitrogen and oxygen atoms in total. The maximum Gasteiger partial charge on any atom is 0.490 e. The Labute approximate surface area is 150 Å². The van der Waals surface area contributed by atoms with Crippen molar-refractivity contribution >= 4 is 24.2 Å². The summed E-state index contributed by atoms with van der Waals surface area (Å²) in [6.07, 6.45) is 7.69. The SMILES string of the molecule is O=C(NCCCn1cnc([N+](=O)[O-])n1)c1ccc(B2C=CC=CN2)cc1. The molecule has 2 N–H and O–H groups in total. The largest absolute Gasteiger partial charge is 0.490 e. The number of benzene rings is 1. The number of amides is 1. The molecule has 0 spiro atoms. The lowest BCUT2D eigenvalue weighted by molar-refractivity contribution is -0.394. The third-order valence-electron chi connectivity index (χ3n) is 3.86. The molecule has 2 aromatic rings. The minimum Gasteiger partial charge on any atom is -0.427 e. The highest BCUT2D eigenvalue weighted by Gasteiger charge is 2.15. The molecule has 1 aromatic carbocycles. The molecule has 0 saturated heterocycles. The van der Waals surface area contributed by atoms with Crippen LogP contribution in [-0.4, -0.2) is 39.0 Å². The third kappa shape index (κ3) is 4.35. The summed E-state index contributed by atoms with van der Waals surface area (Å²) in [5.74, 6) is 1.46. The molecule has 0 atom stereocenters. The first-order valence-corrected chi connectivity index (χ1v) is 8.15. The van der Waals surface area contributed by atoms with Crippen molar-refractivity contribution in [2.45, 2.75) is 13.0 Å². The Bertz CT molecular complexity index is 846. The quantitative estimate of drug-likeness (QED) is 0.323. The van der Waals surface area contributed by atoms with Crippen LogP contribution in [0.4, 0.5) is 5.95 Å². The minimum atomic E-state index is -0.642. The molecule has 0 fully saturated rings. The van der Waals surface area contributed by atoms with Crippen molar-refractivity contribution in [1.29, 1.82) is 0 Å². The van der Waals surface area contributed by atoms with Gasteiger partial charge in [-0.3, -0.25) is 4.79 Å². The van der Waals surface area contributed by atoms with Crippen LogP contribution in [0.5, 0.6) is 0 Å². The number of hydrogen-bond acceptors (Lipinski definition) is 6. The monoisotopic (exact) mass is 352 g/mol. The summed E-state index contributed by atoms with van der Waals surface area (Å²) in [6.45, 7) is 0.989. The molecule has 1 aliphatic heterocycles. The number of aryl methyl sites for hydroxylation is 1. The fraction of sp³-hybridized carbons (Fsp3) is 0.188. The van der Waals surface area contributed by atoms with Gasteiger partial charge in [0.2, 0.25) is 6.33 Å². The third-order valence-corrected chi connectivity index (χ3v) is 3.86. The van der Waals surface area contributed by atoms with Gasteiger partial charge in [-0.05, 0) is 35.8 Å². The van der Waals surface area contributed by atoms with Crippen molar-refractivity contribution in [1.82, 2.24) is 25.3 Å². The zero-order valence-corrected chi connectivity index (χ0v) is 13.9. The van der Waals surface area contributed by atoms with Gasteiger partial charge in [0.15, 0.2) is 0 Å². The Balaban J connectivity index is 1.45. The van der Waals surface area contributed by atoms with E-state index in [2.05, 4.69) is 20.6 Å². The average Bonchev–Trinajstić information content (AvgIpc) is 3.15. The zero-order chi connectivity index (χ0) is 18.4. The van der Waals surface area contributed by atoms with Crippen LogP contribution in [0.1, 0.15) is 16.8 Å². The van der Waals surface area contributed by atoms with Crippen LogP contribution >= 0.6 is 0 Å². The number of nitro groups is 1. The first-order chi connectivity index (χ1) is 12.6. The van der Waals surface area contributed by atoms with Crippen molar-refractivity contribution in [3.05, 3.63) is 70.6 Å². The van der Waals surface area contributed by atoms with Crippen molar-refractivity contribution in [2.75, 3.05) is 6.54 Å². The first-order valence-electron chi connectivity index (χ1n) is 8.15. The summed E-state index contributed by atoms with van der Waals surface area (Å²) in [6, 6.07) is 7.42. The topological polar surface area (TPSA) is 115 Å². The van der Waals surface area contributed by atoms with Gasteiger partial charge in [0, 0.05) is 17.2 Å². The van der Waals surface area contributed by atoms with Crippen molar-refractivity contribution in [2.24, 2.45) is 0 Å². The number of carbonyl (C=O) groups is 1. The number of carbonyl (C=O) groups excluding carboxylic acids is 1. The molecule has 1 amide bonds. The van der Waals surface area contributed by atoms with Gasteiger partial charge in [-0.25, -0.2) is 0 Å². The summed E-state index contributed by atoms with van der Waals surface area (Å²) >= 11 is 0. The van der Waals surface area contributed by atoms with Crippen LogP contribution < -0.4 is 16.0 Å². The molecule has 0 unspecified atom stereocenters. The average molecular weight is 352 g/mol. The predicted octanol–water partition coefficient (Wildman–Crippen LogP) is 0.417. The molecule has 26 heavy (non-hydrogen) atoms. The van der Waals surface area contributed by atoms with Gasteiger partial charge in [-0.15, -0.1) is 0 Å². The van der Waals surface area contributed by atoms with Gasteiger partial charge in [0.25, 0.3) is 5.91 Å². The van der Waals surface area contributed by atoms with Crippen LogP contribution in [0.25, 0.3) is 0 Å². The van der Waals surface area contributed by atoms with E-state index < -0.39 is 10.9 Å². The van der Waals surface area contributed by atoms with Gasteiger partial charge >= 0.3 is 12.8 Å². The van der Waals surface area contributed by atoms with E-state index in [0.29, 0.717) is 25.1 Å². The van der Waals surface area contributed by atoms with E-state index >= 15 is 0 Å². The molecule has 0 saturated carbocycles. The van der Waals surface area contributed by atoms with Crippen LogP contribution in [0.3, 0.4) is 0 Å². The predicted molar refractivity (Wildman–Crippen MR) is 96.9 cm³/mol. The van der Waals surface area contributed by atoms with Crippen molar-refractivity contribution in [3.63, 3.8) is 0 Å². The van der Waals surface area contributed by atoms with Crippen LogP contribution in [-0.2, 0) is 6.54 Å². The van der Waals surface area contributed by atoms with E-state index in [4.69, 9.17) is 0 Å².